The van der Waals surface area contributed by atoms with Gasteiger partial charge in [-0.05, 0) is 50.8 Å². The molecule has 0 bridgehead atoms. The standard InChI is InChI=1S/C21H25ClN6OS/c1-4-16(20(29)27-9-5-6-10-27)30-21-24-19-17(13(3)25-26-19)18(23)28(21)14-8-7-12(2)15(22)11-14/h7-8,11,16,23H,4-6,9-10H2,1-3H3,(H,25,26). The average Bonchev–Trinajstić information content (AvgIpc) is 3.38. The van der Waals surface area contributed by atoms with Crippen molar-refractivity contribution < 1.29 is 4.79 Å². The third-order valence-electron chi connectivity index (χ3n) is 5.51. The van der Waals surface area contributed by atoms with Gasteiger partial charge in [0.1, 0.15) is 5.49 Å². The topological polar surface area (TPSA) is 90.7 Å². The quantitative estimate of drug-likeness (QED) is 0.459. The zero-order valence-electron chi connectivity index (χ0n) is 17.3. The van der Waals surface area contributed by atoms with E-state index in [4.69, 9.17) is 22.0 Å². The minimum Gasteiger partial charge on any atom is -0.342 e. The number of aromatic amines is 1. The predicted molar refractivity (Wildman–Crippen MR) is 119 cm³/mol. The molecule has 30 heavy (non-hydrogen) atoms. The van der Waals surface area contributed by atoms with Crippen molar-refractivity contribution in [2.24, 2.45) is 0 Å². The molecule has 0 spiro atoms. The molecule has 3 heterocycles. The predicted octanol–water partition coefficient (Wildman–Crippen LogP) is 3.99. The van der Waals surface area contributed by atoms with Gasteiger partial charge in [-0.2, -0.15) is 5.10 Å². The van der Waals surface area contributed by atoms with Crippen LogP contribution >= 0.6 is 23.4 Å². The van der Waals surface area contributed by atoms with Crippen LogP contribution < -0.4 is 5.49 Å². The number of carbonyl (C=O) groups is 1. The van der Waals surface area contributed by atoms with Crippen LogP contribution in [-0.4, -0.2) is 48.9 Å². The number of aromatic nitrogens is 4. The third-order valence-corrected chi connectivity index (χ3v) is 7.22. The van der Waals surface area contributed by atoms with Gasteiger partial charge in [-0.25, -0.2) is 4.98 Å². The van der Waals surface area contributed by atoms with E-state index in [-0.39, 0.29) is 16.6 Å². The maximum atomic E-state index is 13.1. The number of benzene rings is 1. The zero-order valence-corrected chi connectivity index (χ0v) is 18.9. The zero-order chi connectivity index (χ0) is 21.4. The Kier molecular flexibility index (Phi) is 5.88. The van der Waals surface area contributed by atoms with Gasteiger partial charge in [0.25, 0.3) is 0 Å². The first-order valence-corrected chi connectivity index (χ1v) is 11.4. The lowest BCUT2D eigenvalue weighted by Gasteiger charge is -2.23. The molecule has 1 unspecified atom stereocenters. The Labute approximate surface area is 184 Å². The van der Waals surface area contributed by atoms with E-state index in [2.05, 4.69) is 10.2 Å². The van der Waals surface area contributed by atoms with Crippen molar-refractivity contribution in [3.63, 3.8) is 0 Å². The summed E-state index contributed by atoms with van der Waals surface area (Å²) >= 11 is 7.78. The number of fused-ring (bicyclic) bond motifs is 1. The number of thioether (sulfide) groups is 1. The molecule has 0 aliphatic carbocycles. The fourth-order valence-corrected chi connectivity index (χ4v) is 5.03. The number of halogens is 1. The molecule has 9 heteroatoms. The first kappa shape index (κ1) is 20.9. The van der Waals surface area contributed by atoms with Gasteiger partial charge >= 0.3 is 0 Å². The first-order valence-electron chi connectivity index (χ1n) is 10.1. The summed E-state index contributed by atoms with van der Waals surface area (Å²) in [6.07, 6.45) is 2.80. The first-order chi connectivity index (χ1) is 14.4. The summed E-state index contributed by atoms with van der Waals surface area (Å²) in [7, 11) is 0. The van der Waals surface area contributed by atoms with E-state index in [0.717, 1.165) is 42.9 Å². The minimum atomic E-state index is -0.264. The van der Waals surface area contributed by atoms with E-state index in [0.29, 0.717) is 27.6 Å². The number of nitrogens with zero attached hydrogens (tertiary/aromatic N) is 4. The van der Waals surface area contributed by atoms with Gasteiger partial charge in [-0.15, -0.1) is 0 Å². The normalized spacial score (nSPS) is 15.1. The van der Waals surface area contributed by atoms with Gasteiger partial charge in [-0.1, -0.05) is 36.4 Å². The van der Waals surface area contributed by atoms with Crippen molar-refractivity contribution in [1.82, 2.24) is 24.6 Å². The number of aryl methyl sites for hydroxylation is 2. The Bertz CT molecular complexity index is 1160. The van der Waals surface area contributed by atoms with Crippen molar-refractivity contribution in [2.75, 3.05) is 13.1 Å². The van der Waals surface area contributed by atoms with Crippen LogP contribution in [-0.2, 0) is 4.79 Å². The Morgan fingerprint density at radius 2 is 2.07 bits per heavy atom. The van der Waals surface area contributed by atoms with E-state index < -0.39 is 0 Å². The molecule has 1 aromatic carbocycles. The Morgan fingerprint density at radius 3 is 2.73 bits per heavy atom. The number of likely N-dealkylation sites (tertiary alicyclic amines) is 1. The molecule has 0 radical (unpaired) electrons. The summed E-state index contributed by atoms with van der Waals surface area (Å²) in [5.41, 5.74) is 3.25. The van der Waals surface area contributed by atoms with Gasteiger partial charge < -0.3 is 4.90 Å². The van der Waals surface area contributed by atoms with Crippen LogP contribution in [0.15, 0.2) is 23.4 Å². The Balaban J connectivity index is 1.84. The average molecular weight is 445 g/mol. The van der Waals surface area contributed by atoms with E-state index in [1.54, 1.807) is 4.57 Å². The van der Waals surface area contributed by atoms with Crippen molar-refractivity contribution in [1.29, 1.82) is 5.41 Å². The van der Waals surface area contributed by atoms with Gasteiger partial charge in [0, 0.05) is 23.8 Å². The van der Waals surface area contributed by atoms with Crippen LogP contribution in [0.2, 0.25) is 5.02 Å². The second kappa shape index (κ2) is 8.43. The lowest BCUT2D eigenvalue weighted by atomic mass is 10.2. The maximum Gasteiger partial charge on any atom is 0.236 e. The largest absolute Gasteiger partial charge is 0.342 e. The van der Waals surface area contributed by atoms with Crippen LogP contribution in [0, 0.1) is 19.3 Å². The number of nitrogens with one attached hydrogen (secondary N) is 2. The van der Waals surface area contributed by atoms with Gasteiger partial charge in [0.2, 0.25) is 5.91 Å². The molecule has 4 rings (SSSR count). The second-order valence-corrected chi connectivity index (χ2v) is 9.18. The molecule has 1 aliphatic heterocycles. The van der Waals surface area contributed by atoms with E-state index >= 15 is 0 Å². The fourth-order valence-electron chi connectivity index (χ4n) is 3.74. The van der Waals surface area contributed by atoms with Gasteiger partial charge in [0.05, 0.1) is 16.3 Å². The highest BCUT2D eigenvalue weighted by Crippen LogP contribution is 2.30. The highest BCUT2D eigenvalue weighted by atomic mass is 35.5. The molecule has 1 saturated heterocycles. The number of amides is 1. The summed E-state index contributed by atoms with van der Waals surface area (Å²) in [4.78, 5) is 19.7. The lowest BCUT2D eigenvalue weighted by molar-refractivity contribution is -0.129. The molecule has 0 saturated carbocycles. The van der Waals surface area contributed by atoms with Crippen LogP contribution in [0.5, 0.6) is 0 Å². The summed E-state index contributed by atoms with van der Waals surface area (Å²) in [5.74, 6) is 0.139. The van der Waals surface area contributed by atoms with E-state index in [9.17, 15) is 4.79 Å². The van der Waals surface area contributed by atoms with Crippen LogP contribution in [0.25, 0.3) is 16.7 Å². The number of hydrogen-bond acceptors (Lipinski definition) is 5. The number of rotatable bonds is 5. The SMILES string of the molecule is CCC(Sc1nc2n[nH]c(C)c2c(=N)n1-c1ccc(C)c(Cl)c1)C(=O)N1CCCC1. The molecule has 2 N–H and O–H groups in total. The maximum absolute atomic E-state index is 13.1. The molecule has 7 nitrogen and oxygen atoms in total. The number of hydrogen-bond donors (Lipinski definition) is 2. The summed E-state index contributed by atoms with van der Waals surface area (Å²) in [6, 6.07) is 5.69. The summed E-state index contributed by atoms with van der Waals surface area (Å²) in [5, 5.41) is 17.7. The number of H-pyrrole nitrogens is 1. The third kappa shape index (κ3) is 3.74. The lowest BCUT2D eigenvalue weighted by Crippen LogP contribution is -2.35. The van der Waals surface area contributed by atoms with Crippen molar-refractivity contribution in [3.05, 3.63) is 40.0 Å². The molecular formula is C21H25ClN6OS. The van der Waals surface area contributed by atoms with E-state index in [1.807, 2.05) is 43.9 Å². The molecule has 2 aromatic heterocycles. The van der Waals surface area contributed by atoms with Crippen LogP contribution in [0.3, 0.4) is 0 Å². The van der Waals surface area contributed by atoms with Crippen molar-refractivity contribution in [2.45, 2.75) is 50.4 Å². The fraction of sp³-hybridized carbons (Fsp3) is 0.429. The van der Waals surface area contributed by atoms with E-state index in [1.165, 1.54) is 11.8 Å². The molecule has 158 valence electrons. The summed E-state index contributed by atoms with van der Waals surface area (Å²) < 4.78 is 1.76. The summed E-state index contributed by atoms with van der Waals surface area (Å²) in [6.45, 7) is 7.46. The molecule has 1 fully saturated rings. The Hall–Kier alpha value is -2.32. The van der Waals surface area contributed by atoms with Crippen LogP contribution in [0.4, 0.5) is 0 Å². The molecule has 3 aromatic rings. The Morgan fingerprint density at radius 1 is 1.33 bits per heavy atom. The minimum absolute atomic E-state index is 0.139. The highest BCUT2D eigenvalue weighted by Gasteiger charge is 2.28. The molecular weight excluding hydrogens is 420 g/mol. The van der Waals surface area contributed by atoms with Crippen molar-refractivity contribution in [3.8, 4) is 5.69 Å². The smallest absolute Gasteiger partial charge is 0.236 e. The van der Waals surface area contributed by atoms with Crippen LogP contribution in [0.1, 0.15) is 37.4 Å². The monoisotopic (exact) mass is 444 g/mol. The number of carbonyl (C=O) groups excluding carboxylic acids is 1. The highest BCUT2D eigenvalue weighted by molar-refractivity contribution is 8.00. The second-order valence-electron chi connectivity index (χ2n) is 7.61. The molecule has 1 atom stereocenters. The van der Waals surface area contributed by atoms with Crippen molar-refractivity contribution >= 4 is 40.3 Å². The van der Waals surface area contributed by atoms with Gasteiger partial charge in [0.15, 0.2) is 10.8 Å². The molecule has 1 amide bonds. The molecule has 1 aliphatic rings. The van der Waals surface area contributed by atoms with Gasteiger partial charge in [-0.3, -0.25) is 19.9 Å².